The molecule has 4 nitrogen and oxygen atoms in total. The third-order valence-corrected chi connectivity index (χ3v) is 2.71. The van der Waals surface area contributed by atoms with Crippen LogP contribution in [0.2, 0.25) is 0 Å². The fourth-order valence-corrected chi connectivity index (χ4v) is 2.00. The first-order valence-corrected chi connectivity index (χ1v) is 5.18. The Kier molecular flexibility index (Phi) is 1.83. The Bertz CT molecular complexity index is 648. The minimum absolute atomic E-state index is 1.02. The number of nitrogens with zero attached hydrogens (tertiary/aromatic N) is 4. The van der Waals surface area contributed by atoms with Crippen LogP contribution < -0.4 is 0 Å². The molecule has 0 bridgehead atoms. The van der Waals surface area contributed by atoms with E-state index in [0.717, 1.165) is 22.4 Å². The average Bonchev–Trinajstić information content (AvgIpc) is 2.81. The first-order chi connectivity index (χ1) is 7.75. The lowest BCUT2D eigenvalue weighted by molar-refractivity contribution is 0.728. The summed E-state index contributed by atoms with van der Waals surface area (Å²) in [5.74, 6) is 1.07. The van der Waals surface area contributed by atoms with E-state index >= 15 is 0 Å². The number of hydrogen-bond donors (Lipinski definition) is 0. The van der Waals surface area contributed by atoms with E-state index in [1.807, 2.05) is 43.3 Å². The molecule has 4 heteroatoms. The van der Waals surface area contributed by atoms with Crippen LogP contribution in [0.3, 0.4) is 0 Å². The molecule has 0 spiro atoms. The van der Waals surface area contributed by atoms with E-state index < -0.39 is 0 Å². The van der Waals surface area contributed by atoms with Gasteiger partial charge >= 0.3 is 0 Å². The molecule has 0 aromatic carbocycles. The molecule has 0 N–H and O–H groups in total. The molecule has 0 fully saturated rings. The van der Waals surface area contributed by atoms with Gasteiger partial charge in [-0.05, 0) is 19.1 Å². The molecule has 0 saturated heterocycles. The summed E-state index contributed by atoms with van der Waals surface area (Å²) in [4.78, 5) is 4.11. The van der Waals surface area contributed by atoms with Crippen molar-refractivity contribution in [2.45, 2.75) is 6.92 Å². The topological polar surface area (TPSA) is 35.6 Å². The van der Waals surface area contributed by atoms with Gasteiger partial charge in [-0.1, -0.05) is 0 Å². The van der Waals surface area contributed by atoms with Gasteiger partial charge in [0.1, 0.15) is 5.82 Å². The molecule has 3 aromatic rings. The summed E-state index contributed by atoms with van der Waals surface area (Å²) in [6.07, 6.45) is 5.72. The van der Waals surface area contributed by atoms with Gasteiger partial charge in [-0.15, -0.1) is 0 Å². The van der Waals surface area contributed by atoms with Crippen LogP contribution in [0.1, 0.15) is 5.69 Å². The lowest BCUT2D eigenvalue weighted by atomic mass is 10.3. The molecule has 0 atom stereocenters. The highest BCUT2D eigenvalue weighted by molar-refractivity contribution is 5.80. The molecular formula is C12H12N4. The highest BCUT2D eigenvalue weighted by Gasteiger charge is 2.07. The van der Waals surface area contributed by atoms with Crippen molar-refractivity contribution in [3.63, 3.8) is 0 Å². The minimum atomic E-state index is 1.02. The van der Waals surface area contributed by atoms with E-state index in [2.05, 4.69) is 26.8 Å². The zero-order valence-electron chi connectivity index (χ0n) is 9.25. The van der Waals surface area contributed by atoms with Crippen molar-refractivity contribution >= 4 is 10.9 Å². The number of fused-ring (bicyclic) bond motifs is 1. The number of hydrogen-bond acceptors (Lipinski definition) is 2. The summed E-state index contributed by atoms with van der Waals surface area (Å²) in [5, 5.41) is 5.49. The molecule has 0 aliphatic rings. The maximum atomic E-state index is 4.35. The predicted molar refractivity (Wildman–Crippen MR) is 62.6 cm³/mol. The van der Waals surface area contributed by atoms with Crippen molar-refractivity contribution in [2.75, 3.05) is 0 Å². The Morgan fingerprint density at radius 1 is 1.25 bits per heavy atom. The van der Waals surface area contributed by atoms with Gasteiger partial charge in [0.25, 0.3) is 0 Å². The number of pyridine rings is 1. The number of aryl methyl sites for hydroxylation is 2. The molecule has 0 aliphatic carbocycles. The van der Waals surface area contributed by atoms with Crippen LogP contribution in [0.15, 0.2) is 36.8 Å². The van der Waals surface area contributed by atoms with Gasteiger partial charge in [0.2, 0.25) is 0 Å². The maximum Gasteiger partial charge on any atom is 0.135 e. The Hall–Kier alpha value is -2.10. The fourth-order valence-electron chi connectivity index (χ4n) is 2.00. The lowest BCUT2D eigenvalue weighted by Gasteiger charge is -2.04. The van der Waals surface area contributed by atoms with Gasteiger partial charge < -0.3 is 4.57 Å². The van der Waals surface area contributed by atoms with Crippen molar-refractivity contribution in [1.29, 1.82) is 0 Å². The van der Waals surface area contributed by atoms with Gasteiger partial charge in [-0.3, -0.25) is 9.67 Å². The molecule has 16 heavy (non-hydrogen) atoms. The van der Waals surface area contributed by atoms with Gasteiger partial charge in [0, 0.05) is 37.1 Å². The van der Waals surface area contributed by atoms with E-state index in [9.17, 15) is 0 Å². The van der Waals surface area contributed by atoms with E-state index in [0.29, 0.717) is 0 Å². The summed E-state index contributed by atoms with van der Waals surface area (Å²) in [5.41, 5.74) is 2.17. The number of aromatic nitrogens is 4. The molecule has 0 aliphatic heterocycles. The second kappa shape index (κ2) is 3.20. The van der Waals surface area contributed by atoms with Crippen LogP contribution in [0.5, 0.6) is 0 Å². The molecule has 3 rings (SSSR count). The third kappa shape index (κ3) is 1.23. The maximum absolute atomic E-state index is 4.35. The molecule has 0 saturated carbocycles. The smallest absolute Gasteiger partial charge is 0.135 e. The van der Waals surface area contributed by atoms with Crippen molar-refractivity contribution < 1.29 is 0 Å². The molecule has 0 amide bonds. The second-order valence-electron chi connectivity index (χ2n) is 3.89. The number of rotatable bonds is 1. The van der Waals surface area contributed by atoms with Crippen LogP contribution in [0.4, 0.5) is 0 Å². The summed E-state index contributed by atoms with van der Waals surface area (Å²) in [6.45, 7) is 2.00. The normalized spacial score (nSPS) is 11.1. The van der Waals surface area contributed by atoms with Gasteiger partial charge in [0.15, 0.2) is 0 Å². The van der Waals surface area contributed by atoms with Gasteiger partial charge in [0.05, 0.1) is 11.2 Å². The highest BCUT2D eigenvalue weighted by atomic mass is 15.3. The Morgan fingerprint density at radius 2 is 2.12 bits per heavy atom. The molecule has 0 radical (unpaired) electrons. The van der Waals surface area contributed by atoms with Crippen molar-refractivity contribution in [1.82, 2.24) is 19.3 Å². The predicted octanol–water partition coefficient (Wildman–Crippen LogP) is 2.07. The van der Waals surface area contributed by atoms with Crippen LogP contribution >= 0.6 is 0 Å². The first kappa shape index (κ1) is 9.15. The molecule has 3 heterocycles. The van der Waals surface area contributed by atoms with Crippen LogP contribution in [0, 0.1) is 6.92 Å². The van der Waals surface area contributed by atoms with Crippen molar-refractivity contribution in [3.8, 4) is 5.82 Å². The molecular weight excluding hydrogens is 200 g/mol. The van der Waals surface area contributed by atoms with Gasteiger partial charge in [-0.25, -0.2) is 0 Å². The lowest BCUT2D eigenvalue weighted by Crippen LogP contribution is -2.01. The van der Waals surface area contributed by atoms with Crippen LogP contribution in [-0.2, 0) is 7.05 Å². The van der Waals surface area contributed by atoms with E-state index in [-0.39, 0.29) is 0 Å². The quantitative estimate of drug-likeness (QED) is 0.619. The fraction of sp³-hybridized carbons (Fsp3) is 0.167. The first-order valence-electron chi connectivity index (χ1n) is 5.18. The summed E-state index contributed by atoms with van der Waals surface area (Å²) >= 11 is 0. The Morgan fingerprint density at radius 3 is 2.88 bits per heavy atom. The van der Waals surface area contributed by atoms with Crippen molar-refractivity contribution in [3.05, 3.63) is 42.5 Å². The SMILES string of the molecule is Cc1cc(-n2ccc3cnccc32)n(C)n1. The highest BCUT2D eigenvalue weighted by Crippen LogP contribution is 2.19. The summed E-state index contributed by atoms with van der Waals surface area (Å²) < 4.78 is 4.01. The Labute approximate surface area is 93.1 Å². The Balaban J connectivity index is 2.30. The standard InChI is InChI=1S/C12H12N4/c1-9-7-12(15(2)14-9)16-6-4-10-8-13-5-3-11(10)16/h3-8H,1-2H3. The van der Waals surface area contributed by atoms with E-state index in [1.54, 1.807) is 0 Å². The summed E-state index contributed by atoms with van der Waals surface area (Å²) in [7, 11) is 1.95. The monoisotopic (exact) mass is 212 g/mol. The molecule has 0 unspecified atom stereocenters. The zero-order valence-corrected chi connectivity index (χ0v) is 9.25. The third-order valence-electron chi connectivity index (χ3n) is 2.71. The largest absolute Gasteiger partial charge is 0.301 e. The zero-order chi connectivity index (χ0) is 11.1. The van der Waals surface area contributed by atoms with Gasteiger partial charge in [-0.2, -0.15) is 5.10 Å². The van der Waals surface area contributed by atoms with E-state index in [1.165, 1.54) is 0 Å². The van der Waals surface area contributed by atoms with Crippen molar-refractivity contribution in [2.24, 2.45) is 7.05 Å². The van der Waals surface area contributed by atoms with Crippen LogP contribution in [-0.4, -0.2) is 19.3 Å². The van der Waals surface area contributed by atoms with E-state index in [4.69, 9.17) is 0 Å². The second-order valence-corrected chi connectivity index (χ2v) is 3.89. The minimum Gasteiger partial charge on any atom is -0.301 e. The molecule has 80 valence electrons. The average molecular weight is 212 g/mol. The summed E-state index contributed by atoms with van der Waals surface area (Å²) in [6, 6.07) is 6.14. The van der Waals surface area contributed by atoms with Crippen LogP contribution in [0.25, 0.3) is 16.7 Å². The molecule has 3 aromatic heterocycles.